The maximum absolute atomic E-state index is 6.12. The molecule has 1 fully saturated rings. The van der Waals surface area contributed by atoms with Crippen LogP contribution in [0.1, 0.15) is 13.3 Å². The van der Waals surface area contributed by atoms with E-state index in [9.17, 15) is 0 Å². The second kappa shape index (κ2) is 9.48. The van der Waals surface area contributed by atoms with Gasteiger partial charge in [0.2, 0.25) is 0 Å². The molecule has 0 spiro atoms. The molecule has 0 aliphatic carbocycles. The minimum absolute atomic E-state index is 0.789. The summed E-state index contributed by atoms with van der Waals surface area (Å²) in [4.78, 5) is 9.52. The highest BCUT2D eigenvalue weighted by atomic mass is 35.5. The van der Waals surface area contributed by atoms with Crippen LogP contribution in [0.15, 0.2) is 47.7 Å². The molecule has 0 unspecified atom stereocenters. The lowest BCUT2D eigenvalue weighted by atomic mass is 10.2. The average Bonchev–Trinajstić information content (AvgIpc) is 3.18. The van der Waals surface area contributed by atoms with E-state index in [-0.39, 0.29) is 0 Å². The van der Waals surface area contributed by atoms with E-state index in [1.807, 2.05) is 41.3 Å². The number of nitrogens with zero attached hydrogens (tertiary/aromatic N) is 5. The first-order chi connectivity index (χ1) is 12.8. The lowest BCUT2D eigenvalue weighted by Crippen LogP contribution is -2.52. The highest BCUT2D eigenvalue weighted by molar-refractivity contribution is 6.30. The van der Waals surface area contributed by atoms with Crippen molar-refractivity contribution in [2.45, 2.75) is 19.9 Å². The van der Waals surface area contributed by atoms with E-state index in [4.69, 9.17) is 16.6 Å². The van der Waals surface area contributed by atoms with Gasteiger partial charge in [-0.2, -0.15) is 5.10 Å². The van der Waals surface area contributed by atoms with Crippen LogP contribution in [-0.4, -0.2) is 59.9 Å². The van der Waals surface area contributed by atoms with Gasteiger partial charge in [0, 0.05) is 68.9 Å². The van der Waals surface area contributed by atoms with E-state index < -0.39 is 0 Å². The topological polar surface area (TPSA) is 48.7 Å². The number of nitrogens with one attached hydrogen (secondary N) is 1. The van der Waals surface area contributed by atoms with Gasteiger partial charge in [-0.15, -0.1) is 0 Å². The first-order valence-electron chi connectivity index (χ1n) is 9.27. The number of guanidine groups is 1. The molecule has 1 aliphatic rings. The van der Waals surface area contributed by atoms with Crippen LogP contribution < -0.4 is 10.2 Å². The summed E-state index contributed by atoms with van der Waals surface area (Å²) in [6.45, 7) is 8.55. The lowest BCUT2D eigenvalue weighted by molar-refractivity contribution is 0.372. The minimum atomic E-state index is 0.789. The summed E-state index contributed by atoms with van der Waals surface area (Å²) < 4.78 is 1.95. The fourth-order valence-corrected chi connectivity index (χ4v) is 3.31. The zero-order chi connectivity index (χ0) is 18.2. The summed E-state index contributed by atoms with van der Waals surface area (Å²) in [6, 6.07) is 10.0. The molecule has 0 saturated carbocycles. The fraction of sp³-hybridized carbons (Fsp3) is 0.474. The second-order valence-electron chi connectivity index (χ2n) is 6.31. The standard InChI is InChI=1S/C19H27ClN6/c1-2-21-19(22-8-4-10-26-11-5-9-23-26)25-14-12-24(13-15-25)18-7-3-6-17(20)16-18/h3,5-7,9,11,16H,2,4,8,10,12-15H2,1H3,(H,21,22). The third kappa shape index (κ3) is 5.14. The first kappa shape index (κ1) is 18.6. The molecular weight excluding hydrogens is 348 g/mol. The SMILES string of the molecule is CCNC(=NCCCn1cccn1)N1CCN(c2cccc(Cl)c2)CC1. The van der Waals surface area contributed by atoms with Gasteiger partial charge < -0.3 is 15.1 Å². The largest absolute Gasteiger partial charge is 0.368 e. The molecule has 0 bridgehead atoms. The van der Waals surface area contributed by atoms with Crippen LogP contribution in [0.2, 0.25) is 5.02 Å². The van der Waals surface area contributed by atoms with Crippen molar-refractivity contribution in [2.24, 2.45) is 4.99 Å². The molecule has 1 aliphatic heterocycles. The molecule has 0 atom stereocenters. The number of hydrogen-bond acceptors (Lipinski definition) is 3. The molecule has 3 rings (SSSR count). The van der Waals surface area contributed by atoms with Crippen LogP contribution >= 0.6 is 11.6 Å². The van der Waals surface area contributed by atoms with Crippen LogP contribution in [0.4, 0.5) is 5.69 Å². The predicted octanol–water partition coefficient (Wildman–Crippen LogP) is 2.71. The van der Waals surface area contributed by atoms with Crippen molar-refractivity contribution in [1.29, 1.82) is 0 Å². The van der Waals surface area contributed by atoms with E-state index in [1.54, 1.807) is 0 Å². The number of benzene rings is 1. The third-order valence-corrected chi connectivity index (χ3v) is 4.69. The molecule has 7 heteroatoms. The van der Waals surface area contributed by atoms with Gasteiger partial charge >= 0.3 is 0 Å². The Balaban J connectivity index is 1.51. The van der Waals surface area contributed by atoms with Gasteiger partial charge in [0.05, 0.1) is 0 Å². The van der Waals surface area contributed by atoms with Gasteiger partial charge in [-0.25, -0.2) is 0 Å². The van der Waals surface area contributed by atoms with Crippen LogP contribution in [0.25, 0.3) is 0 Å². The number of piperazine rings is 1. The highest BCUT2D eigenvalue weighted by Gasteiger charge is 2.19. The quantitative estimate of drug-likeness (QED) is 0.480. The fourth-order valence-electron chi connectivity index (χ4n) is 3.13. The average molecular weight is 375 g/mol. The Labute approximate surface area is 160 Å². The number of aromatic nitrogens is 2. The van der Waals surface area contributed by atoms with Crippen molar-refractivity contribution in [2.75, 3.05) is 44.2 Å². The van der Waals surface area contributed by atoms with Crippen molar-refractivity contribution >= 4 is 23.2 Å². The van der Waals surface area contributed by atoms with Gasteiger partial charge in [-0.3, -0.25) is 9.67 Å². The van der Waals surface area contributed by atoms with Crippen molar-refractivity contribution < 1.29 is 0 Å². The summed E-state index contributed by atoms with van der Waals surface area (Å²) in [6.07, 6.45) is 4.79. The molecule has 2 heterocycles. The molecule has 0 radical (unpaired) electrons. The lowest BCUT2D eigenvalue weighted by Gasteiger charge is -2.37. The Morgan fingerprint density at radius 1 is 1.23 bits per heavy atom. The maximum atomic E-state index is 6.12. The van der Waals surface area contributed by atoms with Gasteiger partial charge in [0.1, 0.15) is 0 Å². The first-order valence-corrected chi connectivity index (χ1v) is 9.65. The van der Waals surface area contributed by atoms with Crippen molar-refractivity contribution in [3.63, 3.8) is 0 Å². The van der Waals surface area contributed by atoms with E-state index in [1.165, 1.54) is 5.69 Å². The van der Waals surface area contributed by atoms with Crippen molar-refractivity contribution in [3.8, 4) is 0 Å². The zero-order valence-corrected chi connectivity index (χ0v) is 16.1. The molecule has 0 amide bonds. The molecule has 26 heavy (non-hydrogen) atoms. The summed E-state index contributed by atoms with van der Waals surface area (Å²) in [7, 11) is 0. The van der Waals surface area contributed by atoms with E-state index >= 15 is 0 Å². The highest BCUT2D eigenvalue weighted by Crippen LogP contribution is 2.20. The summed E-state index contributed by atoms with van der Waals surface area (Å²) >= 11 is 6.12. The van der Waals surface area contributed by atoms with E-state index in [2.05, 4.69) is 33.2 Å². The van der Waals surface area contributed by atoms with Gasteiger partial charge in [0.25, 0.3) is 0 Å². The minimum Gasteiger partial charge on any atom is -0.368 e. The Morgan fingerprint density at radius 3 is 2.77 bits per heavy atom. The van der Waals surface area contributed by atoms with Crippen LogP contribution in [0, 0.1) is 0 Å². The van der Waals surface area contributed by atoms with Gasteiger partial charge in [0.15, 0.2) is 5.96 Å². The van der Waals surface area contributed by atoms with E-state index in [0.29, 0.717) is 0 Å². The molecule has 6 nitrogen and oxygen atoms in total. The monoisotopic (exact) mass is 374 g/mol. The zero-order valence-electron chi connectivity index (χ0n) is 15.3. The van der Waals surface area contributed by atoms with E-state index in [0.717, 1.165) is 63.2 Å². The van der Waals surface area contributed by atoms with Crippen LogP contribution in [0.5, 0.6) is 0 Å². The smallest absolute Gasteiger partial charge is 0.194 e. The predicted molar refractivity (Wildman–Crippen MR) is 108 cm³/mol. The Hall–Kier alpha value is -2.21. The number of halogens is 1. The normalized spacial score (nSPS) is 15.4. The molecule has 2 aromatic rings. The molecular formula is C19H27ClN6. The number of aryl methyl sites for hydroxylation is 1. The van der Waals surface area contributed by atoms with Crippen molar-refractivity contribution in [3.05, 3.63) is 47.7 Å². The Bertz CT molecular complexity index is 692. The molecule has 1 aromatic carbocycles. The molecule has 1 aromatic heterocycles. The number of rotatable bonds is 6. The summed E-state index contributed by atoms with van der Waals surface area (Å²) in [5.41, 5.74) is 1.19. The summed E-state index contributed by atoms with van der Waals surface area (Å²) in [5, 5.41) is 8.44. The Kier molecular flexibility index (Phi) is 6.77. The van der Waals surface area contributed by atoms with Gasteiger partial charge in [-0.05, 0) is 37.6 Å². The molecule has 1 N–H and O–H groups in total. The van der Waals surface area contributed by atoms with Crippen molar-refractivity contribution in [1.82, 2.24) is 20.0 Å². The van der Waals surface area contributed by atoms with Crippen LogP contribution in [0.3, 0.4) is 0 Å². The Morgan fingerprint density at radius 2 is 2.08 bits per heavy atom. The van der Waals surface area contributed by atoms with Gasteiger partial charge in [-0.1, -0.05) is 17.7 Å². The third-order valence-electron chi connectivity index (χ3n) is 4.45. The maximum Gasteiger partial charge on any atom is 0.194 e. The number of hydrogen-bond donors (Lipinski definition) is 1. The summed E-state index contributed by atoms with van der Waals surface area (Å²) in [5.74, 6) is 1.01. The second-order valence-corrected chi connectivity index (χ2v) is 6.75. The molecule has 140 valence electrons. The molecule has 1 saturated heterocycles. The number of aliphatic imine (C=N–C) groups is 1. The van der Waals surface area contributed by atoms with Crippen LogP contribution in [-0.2, 0) is 6.54 Å². The number of anilines is 1.